The van der Waals surface area contributed by atoms with Gasteiger partial charge < -0.3 is 49.9 Å². The van der Waals surface area contributed by atoms with Gasteiger partial charge in [-0.1, -0.05) is 84.3 Å². The second kappa shape index (κ2) is 25.7. The molecule has 410 valence electrons. The highest BCUT2D eigenvalue weighted by molar-refractivity contribution is 7.13. The van der Waals surface area contributed by atoms with Crippen molar-refractivity contribution in [2.24, 2.45) is 16.2 Å². The summed E-state index contributed by atoms with van der Waals surface area (Å²) in [6.45, 7) is 21.3. The molecule has 1 aliphatic heterocycles. The van der Waals surface area contributed by atoms with E-state index in [0.717, 1.165) is 40.2 Å². The summed E-state index contributed by atoms with van der Waals surface area (Å²) < 4.78 is 28.1. The first-order valence-corrected chi connectivity index (χ1v) is 27.1. The molecule has 1 aliphatic carbocycles. The quantitative estimate of drug-likeness (QED) is 0.0309. The van der Waals surface area contributed by atoms with Gasteiger partial charge in [-0.05, 0) is 99.9 Å². The fourth-order valence-electron chi connectivity index (χ4n) is 10.2. The van der Waals surface area contributed by atoms with Crippen LogP contribution in [0.2, 0.25) is 5.02 Å². The Morgan fingerprint density at radius 1 is 0.934 bits per heavy atom. The van der Waals surface area contributed by atoms with E-state index in [2.05, 4.69) is 60.0 Å². The van der Waals surface area contributed by atoms with Gasteiger partial charge in [0.1, 0.15) is 36.6 Å². The Kier molecular flexibility index (Phi) is 20.0. The molecule has 17 nitrogen and oxygen atoms in total. The van der Waals surface area contributed by atoms with E-state index in [-0.39, 0.29) is 54.6 Å². The van der Waals surface area contributed by atoms with Gasteiger partial charge in [0, 0.05) is 60.3 Å². The third-order valence-corrected chi connectivity index (χ3v) is 15.3. The molecule has 1 unspecified atom stereocenters. The van der Waals surface area contributed by atoms with Crippen LogP contribution < -0.4 is 26.0 Å². The molecule has 0 bridgehead atoms. The summed E-state index contributed by atoms with van der Waals surface area (Å²) in [5, 5.41) is 22.1. The highest BCUT2D eigenvalue weighted by Crippen LogP contribution is 2.55. The van der Waals surface area contributed by atoms with Crippen molar-refractivity contribution >= 4 is 58.4 Å². The van der Waals surface area contributed by atoms with Crippen LogP contribution in [0.25, 0.3) is 10.4 Å². The van der Waals surface area contributed by atoms with Gasteiger partial charge in [-0.25, -0.2) is 9.78 Å². The number of hydrogen-bond donors (Lipinski definition) is 4. The minimum atomic E-state index is -1.01. The molecule has 1 aromatic heterocycles. The van der Waals surface area contributed by atoms with Crippen molar-refractivity contribution in [3.05, 3.63) is 99.6 Å². The Balaban J connectivity index is 0.938. The number of nitrogens with zero attached hydrogens (tertiary/aromatic N) is 3. The number of amides is 4. The summed E-state index contributed by atoms with van der Waals surface area (Å²) in [5.74, 6) is -0.911. The molecule has 1 saturated carbocycles. The summed E-state index contributed by atoms with van der Waals surface area (Å²) in [7, 11) is 0. The number of halogens is 1. The van der Waals surface area contributed by atoms with Crippen molar-refractivity contribution in [1.82, 2.24) is 25.8 Å². The third kappa shape index (κ3) is 15.0. The minimum absolute atomic E-state index is 0.0169. The predicted octanol–water partition coefficient (Wildman–Crippen LogP) is 9.77. The molecule has 4 N–H and O–H groups in total. The number of carbonyl (C=O) groups is 5. The fraction of sp³-hybridized carbons (Fsp3) is 0.526. The Labute approximate surface area is 456 Å². The molecular formula is C57H74ClN7O10S. The lowest BCUT2D eigenvalue weighted by Gasteiger charge is -2.63. The van der Waals surface area contributed by atoms with E-state index in [0.29, 0.717) is 41.5 Å². The fourth-order valence-corrected chi connectivity index (χ4v) is 11.2. The molecule has 4 aromatic rings. The number of nitrogens with one attached hydrogen (secondary N) is 4. The van der Waals surface area contributed by atoms with Crippen LogP contribution in [0.5, 0.6) is 5.75 Å². The highest BCUT2D eigenvalue weighted by Gasteiger charge is 2.64. The molecule has 2 heterocycles. The number of nitriles is 1. The summed E-state index contributed by atoms with van der Waals surface area (Å²) >= 11 is 7.81. The Morgan fingerprint density at radius 3 is 2.25 bits per heavy atom. The summed E-state index contributed by atoms with van der Waals surface area (Å²) in [6, 6.07) is 19.8. The van der Waals surface area contributed by atoms with Gasteiger partial charge >= 0.3 is 6.16 Å². The van der Waals surface area contributed by atoms with Crippen molar-refractivity contribution in [3.63, 3.8) is 0 Å². The van der Waals surface area contributed by atoms with E-state index in [4.69, 9.17) is 35.3 Å². The molecule has 0 spiro atoms. The van der Waals surface area contributed by atoms with Crippen LogP contribution in [0.3, 0.4) is 0 Å². The van der Waals surface area contributed by atoms with Crippen LogP contribution in [0.4, 0.5) is 10.5 Å². The number of aryl methyl sites for hydroxylation is 1. The van der Waals surface area contributed by atoms with E-state index in [1.807, 2.05) is 76.5 Å². The predicted molar refractivity (Wildman–Crippen MR) is 292 cm³/mol. The molecule has 76 heavy (non-hydrogen) atoms. The number of benzene rings is 3. The van der Waals surface area contributed by atoms with E-state index in [1.54, 1.807) is 55.5 Å². The topological polar surface area (TPSA) is 220 Å². The number of hydrogen-bond acceptors (Lipinski definition) is 14. The Hall–Kier alpha value is -6.26. The maximum Gasteiger partial charge on any atom is 0.510 e. The monoisotopic (exact) mass is 1080 g/mol. The second-order valence-corrected chi connectivity index (χ2v) is 23.4. The third-order valence-electron chi connectivity index (χ3n) is 14.0. The Bertz CT molecular complexity index is 2680. The molecule has 4 atom stereocenters. The molecular weight excluding hydrogens is 1010 g/mol. The largest absolute Gasteiger partial charge is 0.510 e. The number of rotatable bonds is 23. The first kappa shape index (κ1) is 59.0. The van der Waals surface area contributed by atoms with Crippen molar-refractivity contribution < 1.29 is 47.7 Å². The maximum atomic E-state index is 14.5. The van der Waals surface area contributed by atoms with Crippen LogP contribution in [-0.2, 0) is 33.3 Å². The summed E-state index contributed by atoms with van der Waals surface area (Å²) in [5.41, 5.74) is 4.93. The van der Waals surface area contributed by atoms with Gasteiger partial charge in [0.15, 0.2) is 6.79 Å². The van der Waals surface area contributed by atoms with Crippen molar-refractivity contribution in [1.29, 1.82) is 5.26 Å². The van der Waals surface area contributed by atoms with Gasteiger partial charge in [-0.15, -0.1) is 11.3 Å². The number of likely N-dealkylation sites (tertiary alicyclic amines) is 1. The molecule has 19 heteroatoms. The van der Waals surface area contributed by atoms with E-state index in [9.17, 15) is 29.2 Å². The summed E-state index contributed by atoms with van der Waals surface area (Å²) in [6.07, 6.45) is 0.347. The minimum Gasteiger partial charge on any atom is -0.489 e. The smallest absolute Gasteiger partial charge is 0.489 e. The van der Waals surface area contributed by atoms with Gasteiger partial charge in [-0.2, -0.15) is 5.26 Å². The average molecular weight is 1080 g/mol. The van der Waals surface area contributed by atoms with Crippen LogP contribution in [-0.4, -0.2) is 109 Å². The van der Waals surface area contributed by atoms with Crippen molar-refractivity contribution in [3.8, 4) is 22.3 Å². The molecule has 4 amide bonds. The number of carbonyl (C=O) groups excluding carboxylic acids is 5. The zero-order valence-corrected chi connectivity index (χ0v) is 47.1. The maximum absolute atomic E-state index is 14.5. The number of anilines is 1. The SMILES string of the molecule is Cc1ncsc1-c1ccc(C(C)NC(=O)[C@@H]2C[C@@H](OCOC(=O)OC(C)C)CN2C(=O)[C@@H](NC(=O)COCCCCCNc2ccc(C(=O)N[C@H]3C(C)(C)[C@H](Oc4ccc(C#N)c(Cl)c4)C3(C)C)cc2)C(C)(C)C)cc1. The average Bonchev–Trinajstić information content (AvgIpc) is 4.00. The van der Waals surface area contributed by atoms with Crippen LogP contribution >= 0.6 is 22.9 Å². The molecule has 1 saturated heterocycles. The van der Waals surface area contributed by atoms with Crippen molar-refractivity contribution in [2.75, 3.05) is 38.4 Å². The molecule has 0 radical (unpaired) electrons. The van der Waals surface area contributed by atoms with Crippen molar-refractivity contribution in [2.45, 2.75) is 144 Å². The number of ether oxygens (including phenoxy) is 5. The zero-order chi connectivity index (χ0) is 55.5. The summed E-state index contributed by atoms with van der Waals surface area (Å²) in [4.78, 5) is 74.3. The lowest BCUT2D eigenvalue weighted by molar-refractivity contribution is -0.164. The molecule has 6 rings (SSSR count). The number of unbranched alkanes of at least 4 members (excludes halogenated alkanes) is 2. The van der Waals surface area contributed by atoms with E-state index >= 15 is 0 Å². The van der Waals surface area contributed by atoms with Crippen LogP contribution in [0, 0.1) is 34.5 Å². The van der Waals surface area contributed by atoms with Gasteiger partial charge in [0.25, 0.3) is 5.91 Å². The second-order valence-electron chi connectivity index (χ2n) is 22.1. The van der Waals surface area contributed by atoms with Crippen LogP contribution in [0.1, 0.15) is 128 Å². The number of aromatic nitrogens is 1. The zero-order valence-electron chi connectivity index (χ0n) is 45.5. The molecule has 2 fully saturated rings. The van der Waals surface area contributed by atoms with E-state index < -0.39 is 60.3 Å². The first-order chi connectivity index (χ1) is 35.9. The lowest BCUT2D eigenvalue weighted by Crippen LogP contribution is -2.74. The normalized spacial score (nSPS) is 19.3. The molecule has 3 aromatic carbocycles. The lowest BCUT2D eigenvalue weighted by atomic mass is 9.49. The highest BCUT2D eigenvalue weighted by atomic mass is 35.5. The standard InChI is InChI=1S/C57H74ClN7O10S/c1-34(2)74-54(70)73-33-72-43-28-45(50(68)62-35(3)37-15-17-38(18-16-37)47-36(4)61-32-76-47)65(30-43)51(69)48(55(5,6)7)63-46(66)31-71-26-14-12-13-25-60-41-22-19-39(20-23-41)49(67)64-52-56(8,9)53(57(52,10)11)75-42-24-21-40(29-59)44(58)27-42/h15-24,27,32,34-35,43,45,48,52-53,60H,12-14,25-26,28,30-31,33H2,1-11H3,(H,62,68)(H,63,66)(H,64,67)/t35?,43-,45+,48-,52-,53-/m1/s1. The molecule has 2 aliphatic rings. The number of thiazole rings is 1. The Morgan fingerprint density at radius 2 is 1.63 bits per heavy atom. The van der Waals surface area contributed by atoms with Gasteiger partial charge in [0.05, 0.1) is 44.9 Å². The van der Waals surface area contributed by atoms with Gasteiger partial charge in [0.2, 0.25) is 17.7 Å². The van der Waals surface area contributed by atoms with Gasteiger partial charge in [-0.3, -0.25) is 19.2 Å². The van der Waals surface area contributed by atoms with E-state index in [1.165, 1.54) is 4.90 Å². The van der Waals surface area contributed by atoms with Crippen LogP contribution in [0.15, 0.2) is 72.2 Å². The first-order valence-electron chi connectivity index (χ1n) is 25.8.